The fourth-order valence-electron chi connectivity index (χ4n) is 2.55. The quantitative estimate of drug-likeness (QED) is 0.409. The van der Waals surface area contributed by atoms with Gasteiger partial charge in [-0.15, -0.1) is 0 Å². The summed E-state index contributed by atoms with van der Waals surface area (Å²) < 4.78 is 15.4. The summed E-state index contributed by atoms with van der Waals surface area (Å²) >= 11 is 5.79. The Morgan fingerprint density at radius 1 is 1.17 bits per heavy atom. The van der Waals surface area contributed by atoms with E-state index < -0.39 is 5.97 Å². The van der Waals surface area contributed by atoms with E-state index in [1.807, 2.05) is 18.2 Å². The van der Waals surface area contributed by atoms with Crippen LogP contribution in [0.2, 0.25) is 5.02 Å². The number of nitrogens with zero attached hydrogens (tertiary/aromatic N) is 2. The van der Waals surface area contributed by atoms with Gasteiger partial charge in [-0.05, 0) is 42.8 Å². The molecule has 0 atom stereocenters. The Balaban J connectivity index is 1.38. The lowest BCUT2D eigenvalue weighted by Crippen LogP contribution is -2.24. The number of aromatic nitrogens is 2. The first-order chi connectivity index (χ1) is 14.5. The lowest BCUT2D eigenvalue weighted by Gasteiger charge is -2.05. The van der Waals surface area contributed by atoms with Gasteiger partial charge in [-0.1, -0.05) is 28.9 Å². The molecule has 3 rings (SSSR count). The zero-order chi connectivity index (χ0) is 21.3. The van der Waals surface area contributed by atoms with Crippen LogP contribution in [-0.4, -0.2) is 35.7 Å². The zero-order valence-electron chi connectivity index (χ0n) is 16.3. The molecule has 156 valence electrons. The maximum absolute atomic E-state index is 12.0. The van der Waals surface area contributed by atoms with E-state index in [0.717, 1.165) is 5.56 Å². The van der Waals surface area contributed by atoms with Crippen LogP contribution in [-0.2, 0) is 16.1 Å². The third-order valence-electron chi connectivity index (χ3n) is 4.10. The van der Waals surface area contributed by atoms with Crippen LogP contribution in [0.4, 0.5) is 0 Å². The first-order valence-corrected chi connectivity index (χ1v) is 9.59. The molecule has 0 radical (unpaired) electrons. The Kier molecular flexibility index (Phi) is 7.40. The molecule has 0 bridgehead atoms. The molecule has 9 heteroatoms. The summed E-state index contributed by atoms with van der Waals surface area (Å²) in [4.78, 5) is 28.0. The lowest BCUT2D eigenvalue weighted by molar-refractivity contribution is -0.145. The van der Waals surface area contributed by atoms with Crippen molar-refractivity contribution >= 4 is 23.5 Å². The molecule has 0 spiro atoms. The van der Waals surface area contributed by atoms with Crippen molar-refractivity contribution < 1.29 is 23.6 Å². The second kappa shape index (κ2) is 10.4. The largest absolute Gasteiger partial charge is 0.497 e. The first-order valence-electron chi connectivity index (χ1n) is 9.21. The van der Waals surface area contributed by atoms with E-state index in [-0.39, 0.29) is 24.8 Å². The number of rotatable bonds is 9. The summed E-state index contributed by atoms with van der Waals surface area (Å²) in [5.74, 6) is 0.600. The molecule has 0 aliphatic heterocycles. The predicted molar refractivity (Wildman–Crippen MR) is 109 cm³/mol. The fraction of sp³-hybridized carbons (Fsp3) is 0.238. The monoisotopic (exact) mass is 429 g/mol. The van der Waals surface area contributed by atoms with Crippen molar-refractivity contribution in [2.75, 3.05) is 13.7 Å². The number of ether oxygens (including phenoxy) is 2. The summed E-state index contributed by atoms with van der Waals surface area (Å²) in [6, 6.07) is 13.8. The summed E-state index contributed by atoms with van der Waals surface area (Å²) in [6.45, 7) is 0.226. The molecular formula is C21H20ClN3O5. The fourth-order valence-corrected chi connectivity index (χ4v) is 2.67. The number of carbonyl (C=O) groups is 2. The van der Waals surface area contributed by atoms with Gasteiger partial charge in [0.05, 0.1) is 7.11 Å². The molecule has 1 amide bonds. The van der Waals surface area contributed by atoms with Gasteiger partial charge in [0.1, 0.15) is 5.75 Å². The Morgan fingerprint density at radius 2 is 1.97 bits per heavy atom. The molecule has 0 saturated heterocycles. The van der Waals surface area contributed by atoms with Crippen LogP contribution in [0.25, 0.3) is 11.4 Å². The summed E-state index contributed by atoms with van der Waals surface area (Å²) in [7, 11) is 1.57. The maximum atomic E-state index is 12.0. The van der Waals surface area contributed by atoms with Gasteiger partial charge in [0.25, 0.3) is 11.8 Å². The molecule has 0 aliphatic rings. The van der Waals surface area contributed by atoms with Crippen LogP contribution in [0.15, 0.2) is 53.1 Å². The first kappa shape index (κ1) is 21.3. The number of methoxy groups -OCH3 is 1. The molecule has 1 heterocycles. The van der Waals surface area contributed by atoms with Gasteiger partial charge in [0.15, 0.2) is 6.61 Å². The third-order valence-corrected chi connectivity index (χ3v) is 4.35. The van der Waals surface area contributed by atoms with E-state index in [1.165, 1.54) is 0 Å². The number of hydrogen-bond acceptors (Lipinski definition) is 7. The smallest absolute Gasteiger partial charge is 0.306 e. The highest BCUT2D eigenvalue weighted by Crippen LogP contribution is 2.21. The number of esters is 1. The molecule has 8 nitrogen and oxygen atoms in total. The van der Waals surface area contributed by atoms with Gasteiger partial charge in [-0.25, -0.2) is 0 Å². The van der Waals surface area contributed by atoms with Gasteiger partial charge < -0.3 is 19.3 Å². The van der Waals surface area contributed by atoms with Crippen molar-refractivity contribution in [1.82, 2.24) is 15.5 Å². The van der Waals surface area contributed by atoms with Crippen LogP contribution in [0, 0.1) is 0 Å². The van der Waals surface area contributed by atoms with Gasteiger partial charge in [-0.3, -0.25) is 9.59 Å². The normalized spacial score (nSPS) is 10.5. The van der Waals surface area contributed by atoms with Crippen LogP contribution < -0.4 is 10.1 Å². The van der Waals surface area contributed by atoms with E-state index in [0.29, 0.717) is 35.1 Å². The van der Waals surface area contributed by atoms with Gasteiger partial charge >= 0.3 is 5.97 Å². The molecular weight excluding hydrogens is 410 g/mol. The van der Waals surface area contributed by atoms with Crippen LogP contribution in [0.3, 0.4) is 0 Å². The van der Waals surface area contributed by atoms with Crippen molar-refractivity contribution in [2.24, 2.45) is 0 Å². The zero-order valence-corrected chi connectivity index (χ0v) is 17.0. The number of halogens is 1. The number of benzene rings is 2. The van der Waals surface area contributed by atoms with E-state index in [1.54, 1.807) is 37.4 Å². The van der Waals surface area contributed by atoms with Gasteiger partial charge in [0.2, 0.25) is 5.82 Å². The standard InChI is InChI=1S/C21H20ClN3O5/c1-28-17-5-2-4-15(12-17)20-24-18(30-25-20)13-29-19(26)6-3-11-23-21(27)14-7-9-16(22)10-8-14/h2,4-5,7-10,12H,3,6,11,13H2,1H3,(H,23,27). The Morgan fingerprint density at radius 3 is 2.73 bits per heavy atom. The Labute approximate surface area is 178 Å². The topological polar surface area (TPSA) is 104 Å². The summed E-state index contributed by atoms with van der Waals surface area (Å²) in [5, 5.41) is 7.18. The second-order valence-corrected chi connectivity index (χ2v) is 6.71. The number of amides is 1. The minimum absolute atomic E-state index is 0.118. The van der Waals surface area contributed by atoms with Crippen molar-refractivity contribution in [3.63, 3.8) is 0 Å². The van der Waals surface area contributed by atoms with E-state index >= 15 is 0 Å². The molecule has 0 fully saturated rings. The molecule has 1 aromatic heterocycles. The maximum Gasteiger partial charge on any atom is 0.306 e. The highest BCUT2D eigenvalue weighted by Gasteiger charge is 2.12. The van der Waals surface area contributed by atoms with Gasteiger partial charge in [-0.2, -0.15) is 4.98 Å². The number of hydrogen-bond donors (Lipinski definition) is 1. The van der Waals surface area contributed by atoms with Crippen LogP contribution in [0.5, 0.6) is 5.75 Å². The summed E-state index contributed by atoms with van der Waals surface area (Å²) in [5.41, 5.74) is 1.23. The Bertz CT molecular complexity index is 1000. The van der Waals surface area contributed by atoms with E-state index in [9.17, 15) is 9.59 Å². The molecule has 2 aromatic carbocycles. The van der Waals surface area contributed by atoms with Crippen molar-refractivity contribution in [3.05, 3.63) is 65.0 Å². The molecule has 1 N–H and O–H groups in total. The average Bonchev–Trinajstić information content (AvgIpc) is 3.25. The van der Waals surface area contributed by atoms with Crippen molar-refractivity contribution in [3.8, 4) is 17.1 Å². The molecule has 0 unspecified atom stereocenters. The van der Waals surface area contributed by atoms with Crippen molar-refractivity contribution in [1.29, 1.82) is 0 Å². The molecule has 0 saturated carbocycles. The van der Waals surface area contributed by atoms with Gasteiger partial charge in [0, 0.05) is 29.1 Å². The van der Waals surface area contributed by atoms with Crippen LogP contribution >= 0.6 is 11.6 Å². The number of nitrogens with one attached hydrogen (secondary N) is 1. The molecule has 3 aromatic rings. The highest BCUT2D eigenvalue weighted by molar-refractivity contribution is 6.30. The van der Waals surface area contributed by atoms with E-state index in [4.69, 9.17) is 25.6 Å². The minimum atomic E-state index is -0.420. The average molecular weight is 430 g/mol. The SMILES string of the molecule is COc1cccc(-c2noc(COC(=O)CCCNC(=O)c3ccc(Cl)cc3)n2)c1. The Hall–Kier alpha value is -3.39. The second-order valence-electron chi connectivity index (χ2n) is 6.27. The van der Waals surface area contributed by atoms with E-state index in [2.05, 4.69) is 15.5 Å². The lowest BCUT2D eigenvalue weighted by atomic mass is 10.2. The molecule has 0 aliphatic carbocycles. The van der Waals surface area contributed by atoms with Crippen LogP contribution in [0.1, 0.15) is 29.1 Å². The number of carbonyl (C=O) groups excluding carboxylic acids is 2. The molecule has 30 heavy (non-hydrogen) atoms. The minimum Gasteiger partial charge on any atom is -0.497 e. The predicted octanol–water partition coefficient (Wildman–Crippen LogP) is 3.65. The third kappa shape index (κ3) is 6.05. The highest BCUT2D eigenvalue weighted by atomic mass is 35.5. The summed E-state index contributed by atoms with van der Waals surface area (Å²) in [6.07, 6.45) is 0.592. The van der Waals surface area contributed by atoms with Crippen molar-refractivity contribution in [2.45, 2.75) is 19.4 Å².